The lowest BCUT2D eigenvalue weighted by molar-refractivity contribution is 0.395. The number of hydrogen-bond acceptors (Lipinski definition) is 1. The first-order valence-electron chi connectivity index (χ1n) is 5.27. The maximum atomic E-state index is 4.70. The molecule has 1 aliphatic rings. The molecule has 0 unspecified atom stereocenters. The summed E-state index contributed by atoms with van der Waals surface area (Å²) < 4.78 is 2.25. The summed E-state index contributed by atoms with van der Waals surface area (Å²) in [6.45, 7) is 0. The first-order chi connectivity index (χ1) is 6.86. The van der Waals surface area contributed by atoms with E-state index in [2.05, 4.69) is 35.9 Å². The van der Waals surface area contributed by atoms with Gasteiger partial charge in [-0.2, -0.15) is 0 Å². The van der Waals surface area contributed by atoms with E-state index in [1.54, 1.807) is 0 Å². The van der Waals surface area contributed by atoms with E-state index in [0.29, 0.717) is 5.92 Å². The van der Waals surface area contributed by atoms with Gasteiger partial charge in [-0.05, 0) is 25.0 Å². The van der Waals surface area contributed by atoms with E-state index in [9.17, 15) is 0 Å². The van der Waals surface area contributed by atoms with Crippen LogP contribution in [-0.4, -0.2) is 9.55 Å². The lowest BCUT2D eigenvalue weighted by Gasteiger charge is -2.24. The molecule has 72 valence electrons. The SMILES string of the molecule is Cn1c(C2CCC2)nc2ccccc21. The number of aromatic nitrogens is 2. The number of fused-ring (bicyclic) bond motifs is 1. The monoisotopic (exact) mass is 186 g/mol. The van der Waals surface area contributed by atoms with Gasteiger partial charge in [0.15, 0.2) is 0 Å². The van der Waals surface area contributed by atoms with Crippen molar-refractivity contribution < 1.29 is 0 Å². The Morgan fingerprint density at radius 1 is 1.29 bits per heavy atom. The van der Waals surface area contributed by atoms with E-state index in [-0.39, 0.29) is 0 Å². The Bertz CT molecular complexity index is 466. The van der Waals surface area contributed by atoms with Crippen molar-refractivity contribution in [3.63, 3.8) is 0 Å². The normalized spacial score (nSPS) is 17.2. The highest BCUT2D eigenvalue weighted by Gasteiger charge is 2.24. The van der Waals surface area contributed by atoms with E-state index in [1.165, 1.54) is 30.6 Å². The maximum Gasteiger partial charge on any atom is 0.112 e. The van der Waals surface area contributed by atoms with Gasteiger partial charge in [0.05, 0.1) is 11.0 Å². The molecule has 0 bridgehead atoms. The van der Waals surface area contributed by atoms with E-state index >= 15 is 0 Å². The molecule has 1 aromatic heterocycles. The van der Waals surface area contributed by atoms with Crippen molar-refractivity contribution in [2.75, 3.05) is 0 Å². The molecule has 0 aliphatic heterocycles. The van der Waals surface area contributed by atoms with Crippen LogP contribution >= 0.6 is 0 Å². The minimum absolute atomic E-state index is 0.715. The van der Waals surface area contributed by atoms with Crippen LogP contribution in [0.2, 0.25) is 0 Å². The van der Waals surface area contributed by atoms with Crippen molar-refractivity contribution in [3.05, 3.63) is 30.1 Å². The molecule has 0 atom stereocenters. The summed E-state index contributed by atoms with van der Waals surface area (Å²) in [4.78, 5) is 4.70. The van der Waals surface area contributed by atoms with Crippen LogP contribution in [0.5, 0.6) is 0 Å². The zero-order chi connectivity index (χ0) is 9.54. The van der Waals surface area contributed by atoms with Crippen molar-refractivity contribution >= 4 is 11.0 Å². The molecule has 0 spiro atoms. The Morgan fingerprint density at radius 2 is 2.07 bits per heavy atom. The summed E-state index contributed by atoms with van der Waals surface area (Å²) in [6.07, 6.45) is 4.00. The predicted molar refractivity (Wildman–Crippen MR) is 57.3 cm³/mol. The fourth-order valence-electron chi connectivity index (χ4n) is 2.20. The summed E-state index contributed by atoms with van der Waals surface area (Å²) in [5, 5.41) is 0. The number of benzene rings is 1. The lowest BCUT2D eigenvalue weighted by Crippen LogP contribution is -2.13. The Balaban J connectivity index is 2.19. The third-order valence-corrected chi connectivity index (χ3v) is 3.29. The Labute approximate surface area is 83.6 Å². The summed E-state index contributed by atoms with van der Waals surface area (Å²) in [6, 6.07) is 8.37. The number of hydrogen-bond donors (Lipinski definition) is 0. The summed E-state index contributed by atoms with van der Waals surface area (Å²) in [5.74, 6) is 1.99. The molecule has 2 heteroatoms. The van der Waals surface area contributed by atoms with Crippen LogP contribution in [0.4, 0.5) is 0 Å². The van der Waals surface area contributed by atoms with Gasteiger partial charge in [-0.1, -0.05) is 18.6 Å². The molecular formula is C12H14N2. The minimum Gasteiger partial charge on any atom is -0.331 e. The highest BCUT2D eigenvalue weighted by Crippen LogP contribution is 2.36. The van der Waals surface area contributed by atoms with Crippen LogP contribution in [-0.2, 0) is 7.05 Å². The summed E-state index contributed by atoms with van der Waals surface area (Å²) in [5.41, 5.74) is 2.39. The van der Waals surface area contributed by atoms with Gasteiger partial charge in [-0.15, -0.1) is 0 Å². The first kappa shape index (κ1) is 8.04. The van der Waals surface area contributed by atoms with Crippen molar-refractivity contribution in [2.24, 2.45) is 7.05 Å². The van der Waals surface area contributed by atoms with Gasteiger partial charge in [-0.25, -0.2) is 4.98 Å². The molecular weight excluding hydrogens is 172 g/mol. The number of para-hydroxylation sites is 2. The average Bonchev–Trinajstić information content (AvgIpc) is 2.43. The van der Waals surface area contributed by atoms with Crippen LogP contribution in [0.25, 0.3) is 11.0 Å². The fraction of sp³-hybridized carbons (Fsp3) is 0.417. The highest BCUT2D eigenvalue weighted by molar-refractivity contribution is 5.75. The van der Waals surface area contributed by atoms with Gasteiger partial charge in [0.25, 0.3) is 0 Å². The summed E-state index contributed by atoms with van der Waals surface area (Å²) in [7, 11) is 2.13. The minimum atomic E-state index is 0.715. The van der Waals surface area contributed by atoms with E-state index in [4.69, 9.17) is 4.98 Å². The third-order valence-electron chi connectivity index (χ3n) is 3.29. The lowest BCUT2D eigenvalue weighted by atomic mass is 9.85. The number of aryl methyl sites for hydroxylation is 1. The Morgan fingerprint density at radius 3 is 2.71 bits per heavy atom. The molecule has 14 heavy (non-hydrogen) atoms. The number of nitrogens with zero attached hydrogens (tertiary/aromatic N) is 2. The predicted octanol–water partition coefficient (Wildman–Crippen LogP) is 2.84. The average molecular weight is 186 g/mol. The van der Waals surface area contributed by atoms with Gasteiger partial charge < -0.3 is 4.57 Å². The molecule has 3 rings (SSSR count). The second kappa shape index (κ2) is 2.84. The zero-order valence-electron chi connectivity index (χ0n) is 8.40. The molecule has 0 saturated heterocycles. The molecule has 0 radical (unpaired) electrons. The third kappa shape index (κ3) is 0.999. The van der Waals surface area contributed by atoms with Gasteiger partial charge >= 0.3 is 0 Å². The molecule has 2 aromatic rings. The molecule has 1 aliphatic carbocycles. The molecule has 0 amide bonds. The smallest absolute Gasteiger partial charge is 0.112 e. The van der Waals surface area contributed by atoms with Gasteiger partial charge in [0.1, 0.15) is 5.82 Å². The van der Waals surface area contributed by atoms with Crippen molar-refractivity contribution in [1.29, 1.82) is 0 Å². The van der Waals surface area contributed by atoms with Crippen LogP contribution in [0.15, 0.2) is 24.3 Å². The highest BCUT2D eigenvalue weighted by atomic mass is 15.1. The molecule has 1 aromatic carbocycles. The van der Waals surface area contributed by atoms with E-state index < -0.39 is 0 Å². The standard InChI is InChI=1S/C12H14N2/c1-14-11-8-3-2-7-10(11)13-12(14)9-5-4-6-9/h2-3,7-9H,4-6H2,1H3. The van der Waals surface area contributed by atoms with Gasteiger partial charge in [-0.3, -0.25) is 0 Å². The largest absolute Gasteiger partial charge is 0.331 e. The van der Waals surface area contributed by atoms with Crippen LogP contribution in [0, 0.1) is 0 Å². The van der Waals surface area contributed by atoms with Crippen LogP contribution in [0.3, 0.4) is 0 Å². The first-order valence-corrected chi connectivity index (χ1v) is 5.27. The van der Waals surface area contributed by atoms with Crippen molar-refractivity contribution in [2.45, 2.75) is 25.2 Å². The molecule has 2 nitrogen and oxygen atoms in total. The molecule has 1 saturated carbocycles. The van der Waals surface area contributed by atoms with E-state index in [1.807, 2.05) is 0 Å². The number of imidazole rings is 1. The Kier molecular flexibility index (Phi) is 1.63. The van der Waals surface area contributed by atoms with Crippen LogP contribution < -0.4 is 0 Å². The number of rotatable bonds is 1. The maximum absolute atomic E-state index is 4.70. The van der Waals surface area contributed by atoms with Crippen molar-refractivity contribution in [1.82, 2.24) is 9.55 Å². The van der Waals surface area contributed by atoms with Gasteiger partial charge in [0, 0.05) is 13.0 Å². The Hall–Kier alpha value is -1.31. The van der Waals surface area contributed by atoms with Crippen LogP contribution in [0.1, 0.15) is 31.0 Å². The summed E-state index contributed by atoms with van der Waals surface area (Å²) >= 11 is 0. The molecule has 1 fully saturated rings. The molecule has 0 N–H and O–H groups in total. The molecule has 1 heterocycles. The topological polar surface area (TPSA) is 17.8 Å². The second-order valence-electron chi connectivity index (χ2n) is 4.15. The van der Waals surface area contributed by atoms with E-state index in [0.717, 1.165) is 5.52 Å². The fourth-order valence-corrected chi connectivity index (χ4v) is 2.20. The van der Waals surface area contributed by atoms with Gasteiger partial charge in [0.2, 0.25) is 0 Å². The quantitative estimate of drug-likeness (QED) is 0.669. The zero-order valence-corrected chi connectivity index (χ0v) is 8.40. The second-order valence-corrected chi connectivity index (χ2v) is 4.15. The van der Waals surface area contributed by atoms with Crippen molar-refractivity contribution in [3.8, 4) is 0 Å².